The van der Waals surface area contributed by atoms with E-state index in [-0.39, 0.29) is 16.7 Å². The maximum Gasteiger partial charge on any atom is 0.240 e. The summed E-state index contributed by atoms with van der Waals surface area (Å²) in [5.41, 5.74) is 3.15. The average molecular weight is 482 g/mol. The predicted octanol–water partition coefficient (Wildman–Crippen LogP) is 4.11. The smallest absolute Gasteiger partial charge is 0.240 e. The standard InChI is InChI=1S/C26H31N3O4S/c1-19-5-9-22(10-6-19)24-17-27-25(33-24)13-14-26(30)29-15-3-4-21(18-29)16-28-34(31,32)23-11-7-20(2)8-12-23/h5-12,17,21,28H,3-4,13-16,18H2,1-2H3. The van der Waals surface area contributed by atoms with Crippen molar-refractivity contribution in [3.05, 3.63) is 71.7 Å². The number of nitrogens with one attached hydrogen (secondary N) is 1. The third kappa shape index (κ3) is 6.12. The van der Waals surface area contributed by atoms with Gasteiger partial charge in [-0.3, -0.25) is 4.79 Å². The van der Waals surface area contributed by atoms with Crippen molar-refractivity contribution in [2.24, 2.45) is 5.92 Å². The molecular formula is C26H31N3O4S. The number of amides is 1. The molecule has 1 saturated heterocycles. The molecule has 1 aliphatic rings. The summed E-state index contributed by atoms with van der Waals surface area (Å²) in [5.74, 6) is 1.37. The van der Waals surface area contributed by atoms with Crippen LogP contribution in [0.2, 0.25) is 0 Å². The molecule has 0 saturated carbocycles. The molecule has 3 aromatic rings. The number of nitrogens with zero attached hydrogens (tertiary/aromatic N) is 2. The molecule has 1 aliphatic heterocycles. The molecule has 7 nitrogen and oxygen atoms in total. The molecule has 0 radical (unpaired) electrons. The van der Waals surface area contributed by atoms with Gasteiger partial charge in [0, 0.05) is 38.0 Å². The van der Waals surface area contributed by atoms with Crippen LogP contribution in [-0.2, 0) is 21.2 Å². The second-order valence-electron chi connectivity index (χ2n) is 9.00. The summed E-state index contributed by atoms with van der Waals surface area (Å²) in [7, 11) is -3.56. The fourth-order valence-electron chi connectivity index (χ4n) is 4.14. The lowest BCUT2D eigenvalue weighted by atomic mass is 9.98. The highest BCUT2D eigenvalue weighted by atomic mass is 32.2. The third-order valence-corrected chi connectivity index (χ3v) is 7.65. The summed E-state index contributed by atoms with van der Waals surface area (Å²) in [5, 5.41) is 0. The summed E-state index contributed by atoms with van der Waals surface area (Å²) in [6, 6.07) is 14.8. The van der Waals surface area contributed by atoms with E-state index >= 15 is 0 Å². The molecule has 1 amide bonds. The van der Waals surface area contributed by atoms with Gasteiger partial charge in [0.2, 0.25) is 15.9 Å². The minimum atomic E-state index is -3.56. The van der Waals surface area contributed by atoms with Gasteiger partial charge in [-0.2, -0.15) is 0 Å². The molecular weight excluding hydrogens is 450 g/mol. The number of rotatable bonds is 8. The summed E-state index contributed by atoms with van der Waals surface area (Å²) in [4.78, 5) is 19.2. The van der Waals surface area contributed by atoms with Crippen molar-refractivity contribution >= 4 is 15.9 Å². The highest BCUT2D eigenvalue weighted by Gasteiger charge is 2.25. The second-order valence-corrected chi connectivity index (χ2v) is 10.8. The number of oxazole rings is 1. The fourth-order valence-corrected chi connectivity index (χ4v) is 5.25. The van der Waals surface area contributed by atoms with E-state index in [4.69, 9.17) is 4.42 Å². The fraction of sp³-hybridized carbons (Fsp3) is 0.385. The van der Waals surface area contributed by atoms with E-state index in [1.54, 1.807) is 30.5 Å². The largest absolute Gasteiger partial charge is 0.441 e. The molecule has 1 atom stereocenters. The highest BCUT2D eigenvalue weighted by Crippen LogP contribution is 2.22. The van der Waals surface area contributed by atoms with E-state index in [0.29, 0.717) is 44.1 Å². The van der Waals surface area contributed by atoms with Gasteiger partial charge in [0.15, 0.2) is 11.7 Å². The Hall–Kier alpha value is -2.97. The van der Waals surface area contributed by atoms with Crippen molar-refractivity contribution in [1.29, 1.82) is 0 Å². The highest BCUT2D eigenvalue weighted by molar-refractivity contribution is 7.89. The van der Waals surface area contributed by atoms with Crippen LogP contribution in [0.25, 0.3) is 11.3 Å². The SMILES string of the molecule is Cc1ccc(-c2cnc(CCC(=O)N3CCCC(CNS(=O)(=O)c4ccc(C)cc4)C3)o2)cc1. The van der Waals surface area contributed by atoms with Gasteiger partial charge in [-0.15, -0.1) is 0 Å². The van der Waals surface area contributed by atoms with Gasteiger partial charge < -0.3 is 9.32 Å². The van der Waals surface area contributed by atoms with Crippen LogP contribution in [0.1, 0.15) is 36.3 Å². The van der Waals surface area contributed by atoms with Crippen LogP contribution in [0.5, 0.6) is 0 Å². The van der Waals surface area contributed by atoms with Crippen molar-refractivity contribution in [3.63, 3.8) is 0 Å². The van der Waals surface area contributed by atoms with Crippen LogP contribution in [0.3, 0.4) is 0 Å². The first-order valence-electron chi connectivity index (χ1n) is 11.7. The quantitative estimate of drug-likeness (QED) is 0.523. The van der Waals surface area contributed by atoms with E-state index in [0.717, 1.165) is 24.0 Å². The Kier molecular flexibility index (Phi) is 7.48. The summed E-state index contributed by atoms with van der Waals surface area (Å²) in [6.45, 7) is 5.52. The number of hydrogen-bond acceptors (Lipinski definition) is 5. The van der Waals surface area contributed by atoms with Gasteiger partial charge >= 0.3 is 0 Å². The van der Waals surface area contributed by atoms with Gasteiger partial charge in [-0.1, -0.05) is 47.5 Å². The Labute approximate surface area is 201 Å². The zero-order valence-corrected chi connectivity index (χ0v) is 20.5. The molecule has 1 aromatic heterocycles. The van der Waals surface area contributed by atoms with Crippen molar-refractivity contribution in [1.82, 2.24) is 14.6 Å². The van der Waals surface area contributed by atoms with E-state index in [9.17, 15) is 13.2 Å². The molecule has 0 spiro atoms. The molecule has 1 fully saturated rings. The van der Waals surface area contributed by atoms with Gasteiger partial charge in [0.25, 0.3) is 0 Å². The van der Waals surface area contributed by atoms with Crippen LogP contribution in [0.4, 0.5) is 0 Å². The summed E-state index contributed by atoms with van der Waals surface area (Å²) in [6.07, 6.45) is 4.20. The number of aromatic nitrogens is 1. The lowest BCUT2D eigenvalue weighted by Crippen LogP contribution is -2.43. The zero-order valence-electron chi connectivity index (χ0n) is 19.7. The molecule has 2 heterocycles. The van der Waals surface area contributed by atoms with Crippen molar-refractivity contribution in [2.75, 3.05) is 19.6 Å². The second kappa shape index (κ2) is 10.5. The first kappa shape index (κ1) is 24.2. The Morgan fingerprint density at radius 2 is 1.76 bits per heavy atom. The van der Waals surface area contributed by atoms with Gasteiger partial charge in [0.05, 0.1) is 11.1 Å². The van der Waals surface area contributed by atoms with Crippen LogP contribution < -0.4 is 4.72 Å². The number of hydrogen-bond donors (Lipinski definition) is 1. The Balaban J connectivity index is 1.27. The molecule has 180 valence electrons. The monoisotopic (exact) mass is 481 g/mol. The van der Waals surface area contributed by atoms with Gasteiger partial charge in [-0.25, -0.2) is 18.1 Å². The number of likely N-dealkylation sites (tertiary alicyclic amines) is 1. The normalized spacial score (nSPS) is 16.5. The van der Waals surface area contributed by atoms with E-state index < -0.39 is 10.0 Å². The number of carbonyl (C=O) groups is 1. The van der Waals surface area contributed by atoms with Crippen LogP contribution in [0, 0.1) is 19.8 Å². The zero-order chi connectivity index (χ0) is 24.1. The predicted molar refractivity (Wildman–Crippen MR) is 131 cm³/mol. The number of piperidine rings is 1. The molecule has 1 unspecified atom stereocenters. The molecule has 8 heteroatoms. The number of carbonyl (C=O) groups excluding carboxylic acids is 1. The van der Waals surface area contributed by atoms with E-state index in [1.165, 1.54) is 5.56 Å². The molecule has 0 bridgehead atoms. The molecule has 4 rings (SSSR count). The Bertz CT molecular complexity index is 1220. The minimum absolute atomic E-state index is 0.0428. The minimum Gasteiger partial charge on any atom is -0.441 e. The molecule has 34 heavy (non-hydrogen) atoms. The first-order chi connectivity index (χ1) is 16.3. The summed E-state index contributed by atoms with van der Waals surface area (Å²) >= 11 is 0. The lowest BCUT2D eigenvalue weighted by molar-refractivity contribution is -0.133. The van der Waals surface area contributed by atoms with Gasteiger partial charge in [-0.05, 0) is 44.7 Å². The number of sulfonamides is 1. The number of aryl methyl sites for hydroxylation is 3. The van der Waals surface area contributed by atoms with Crippen molar-refractivity contribution in [2.45, 2.75) is 44.4 Å². The maximum atomic E-state index is 12.8. The summed E-state index contributed by atoms with van der Waals surface area (Å²) < 4.78 is 33.7. The maximum absolute atomic E-state index is 12.8. The van der Waals surface area contributed by atoms with E-state index in [2.05, 4.69) is 9.71 Å². The van der Waals surface area contributed by atoms with Crippen LogP contribution in [-0.4, -0.2) is 43.8 Å². The van der Waals surface area contributed by atoms with Gasteiger partial charge in [0.1, 0.15) is 0 Å². The lowest BCUT2D eigenvalue weighted by Gasteiger charge is -2.33. The van der Waals surface area contributed by atoms with Crippen LogP contribution >= 0.6 is 0 Å². The average Bonchev–Trinajstić information content (AvgIpc) is 3.31. The Morgan fingerprint density at radius 3 is 2.47 bits per heavy atom. The molecule has 0 aliphatic carbocycles. The first-order valence-corrected chi connectivity index (χ1v) is 13.1. The van der Waals surface area contributed by atoms with Crippen LogP contribution in [0.15, 0.2) is 64.0 Å². The molecule has 1 N–H and O–H groups in total. The topological polar surface area (TPSA) is 92.5 Å². The Morgan fingerprint density at radius 1 is 1.09 bits per heavy atom. The van der Waals surface area contributed by atoms with E-state index in [1.807, 2.05) is 43.0 Å². The van der Waals surface area contributed by atoms with Crippen molar-refractivity contribution < 1.29 is 17.6 Å². The number of benzene rings is 2. The van der Waals surface area contributed by atoms with Crippen molar-refractivity contribution in [3.8, 4) is 11.3 Å². The third-order valence-electron chi connectivity index (χ3n) is 6.21. The molecule has 2 aromatic carbocycles.